The zero-order valence-corrected chi connectivity index (χ0v) is 15.7. The van der Waals surface area contributed by atoms with Crippen molar-refractivity contribution in [2.24, 2.45) is 11.8 Å². The first-order valence-electron chi connectivity index (χ1n) is 9.44. The van der Waals surface area contributed by atoms with Gasteiger partial charge in [-0.3, -0.25) is 4.79 Å². The SMILES string of the molecule is O=C(NCCc1csc(N2CCCC2)n1)C1CCCC(CC(F)(F)F)C1. The summed E-state index contributed by atoms with van der Waals surface area (Å²) in [4.78, 5) is 19.2. The highest BCUT2D eigenvalue weighted by molar-refractivity contribution is 7.13. The highest BCUT2D eigenvalue weighted by Crippen LogP contribution is 2.36. The van der Waals surface area contributed by atoms with Crippen molar-refractivity contribution in [2.45, 2.75) is 57.5 Å². The molecule has 1 aromatic rings. The maximum absolute atomic E-state index is 12.6. The van der Waals surface area contributed by atoms with E-state index >= 15 is 0 Å². The molecule has 2 aliphatic rings. The number of hydrogen-bond donors (Lipinski definition) is 1. The number of thiazole rings is 1. The standard InChI is InChI=1S/C18H26F3N3OS/c19-18(20,21)11-13-4-3-5-14(10-13)16(25)22-7-6-15-12-26-17(23-15)24-8-1-2-9-24/h12-14H,1-11H2,(H,22,25). The molecule has 1 N–H and O–H groups in total. The summed E-state index contributed by atoms with van der Waals surface area (Å²) in [7, 11) is 0. The van der Waals surface area contributed by atoms with Crippen LogP contribution in [0.4, 0.5) is 18.3 Å². The van der Waals surface area contributed by atoms with Crippen molar-refractivity contribution in [2.75, 3.05) is 24.5 Å². The third-order valence-electron chi connectivity index (χ3n) is 5.27. The monoisotopic (exact) mass is 389 g/mol. The Labute approximate surface area is 156 Å². The van der Waals surface area contributed by atoms with Crippen molar-refractivity contribution >= 4 is 22.4 Å². The highest BCUT2D eigenvalue weighted by Gasteiger charge is 2.36. The summed E-state index contributed by atoms with van der Waals surface area (Å²) < 4.78 is 37.7. The van der Waals surface area contributed by atoms with E-state index in [-0.39, 0.29) is 11.8 Å². The summed E-state index contributed by atoms with van der Waals surface area (Å²) in [6.07, 6.45) is 0.483. The highest BCUT2D eigenvalue weighted by atomic mass is 32.1. The Hall–Kier alpha value is -1.31. The number of rotatable bonds is 6. The van der Waals surface area contributed by atoms with Gasteiger partial charge in [0.2, 0.25) is 5.91 Å². The molecular formula is C18H26F3N3OS. The van der Waals surface area contributed by atoms with Crippen LogP contribution in [0.15, 0.2) is 5.38 Å². The van der Waals surface area contributed by atoms with Gasteiger partial charge in [-0.05, 0) is 31.6 Å². The Morgan fingerprint density at radius 1 is 1.27 bits per heavy atom. The van der Waals surface area contributed by atoms with E-state index in [2.05, 4.69) is 15.2 Å². The van der Waals surface area contributed by atoms with Crippen LogP contribution in [0.3, 0.4) is 0 Å². The average Bonchev–Trinajstić information content (AvgIpc) is 3.24. The van der Waals surface area contributed by atoms with Crippen molar-refractivity contribution in [1.29, 1.82) is 0 Å². The van der Waals surface area contributed by atoms with Gasteiger partial charge in [-0.2, -0.15) is 13.2 Å². The van der Waals surface area contributed by atoms with E-state index in [1.807, 2.05) is 5.38 Å². The number of alkyl halides is 3. The Morgan fingerprint density at radius 3 is 2.77 bits per heavy atom. The average molecular weight is 389 g/mol. The molecule has 1 aliphatic heterocycles. The zero-order chi connectivity index (χ0) is 18.6. The lowest BCUT2D eigenvalue weighted by atomic mass is 9.79. The van der Waals surface area contributed by atoms with E-state index in [0.717, 1.165) is 23.9 Å². The van der Waals surface area contributed by atoms with Gasteiger partial charge < -0.3 is 10.2 Å². The van der Waals surface area contributed by atoms with Crippen molar-refractivity contribution in [1.82, 2.24) is 10.3 Å². The maximum atomic E-state index is 12.6. The first-order chi connectivity index (χ1) is 12.4. The number of hydrogen-bond acceptors (Lipinski definition) is 4. The van der Waals surface area contributed by atoms with E-state index in [1.54, 1.807) is 11.3 Å². The predicted octanol–water partition coefficient (Wildman–Crippen LogP) is 4.16. The van der Waals surface area contributed by atoms with Gasteiger partial charge in [-0.1, -0.05) is 12.8 Å². The summed E-state index contributed by atoms with van der Waals surface area (Å²) in [6.45, 7) is 2.61. The third kappa shape index (κ3) is 5.59. The number of anilines is 1. The molecule has 1 amide bonds. The lowest BCUT2D eigenvalue weighted by molar-refractivity contribution is -0.149. The van der Waals surface area contributed by atoms with Gasteiger partial charge in [0, 0.05) is 43.8 Å². The van der Waals surface area contributed by atoms with E-state index in [1.165, 1.54) is 12.8 Å². The zero-order valence-electron chi connectivity index (χ0n) is 14.9. The summed E-state index contributed by atoms with van der Waals surface area (Å²) in [6, 6.07) is 0. The quantitative estimate of drug-likeness (QED) is 0.795. The number of amides is 1. The van der Waals surface area contributed by atoms with Crippen LogP contribution in [0.2, 0.25) is 0 Å². The molecule has 146 valence electrons. The van der Waals surface area contributed by atoms with Crippen molar-refractivity contribution in [3.05, 3.63) is 11.1 Å². The number of nitrogens with one attached hydrogen (secondary N) is 1. The summed E-state index contributed by atoms with van der Waals surface area (Å²) in [5, 5.41) is 5.97. The number of carbonyl (C=O) groups excluding carboxylic acids is 1. The number of carbonyl (C=O) groups is 1. The van der Waals surface area contributed by atoms with Crippen LogP contribution >= 0.6 is 11.3 Å². The lowest BCUT2D eigenvalue weighted by Gasteiger charge is -2.28. The molecule has 26 heavy (non-hydrogen) atoms. The molecule has 2 fully saturated rings. The molecule has 1 saturated heterocycles. The summed E-state index contributed by atoms with van der Waals surface area (Å²) >= 11 is 1.63. The number of halogens is 3. The minimum absolute atomic E-state index is 0.105. The molecule has 2 unspecified atom stereocenters. The van der Waals surface area contributed by atoms with Crippen LogP contribution < -0.4 is 10.2 Å². The fourth-order valence-corrected chi connectivity index (χ4v) is 4.88. The van der Waals surface area contributed by atoms with Gasteiger partial charge in [0.05, 0.1) is 5.69 Å². The smallest absolute Gasteiger partial charge is 0.355 e. The van der Waals surface area contributed by atoms with Gasteiger partial charge in [-0.25, -0.2) is 4.98 Å². The van der Waals surface area contributed by atoms with Crippen molar-refractivity contribution < 1.29 is 18.0 Å². The lowest BCUT2D eigenvalue weighted by Crippen LogP contribution is -2.35. The molecule has 1 aliphatic carbocycles. The normalized spacial score (nSPS) is 24.0. The largest absolute Gasteiger partial charge is 0.389 e. The molecule has 1 saturated carbocycles. The van der Waals surface area contributed by atoms with E-state index < -0.39 is 18.5 Å². The first-order valence-corrected chi connectivity index (χ1v) is 10.3. The van der Waals surface area contributed by atoms with Crippen molar-refractivity contribution in [3.63, 3.8) is 0 Å². The second kappa shape index (κ2) is 8.59. The first kappa shape index (κ1) is 19.5. The van der Waals surface area contributed by atoms with Gasteiger partial charge in [0.15, 0.2) is 5.13 Å². The summed E-state index contributed by atoms with van der Waals surface area (Å²) in [5.41, 5.74) is 0.968. The fourth-order valence-electron chi connectivity index (χ4n) is 3.96. The van der Waals surface area contributed by atoms with Crippen LogP contribution in [0.5, 0.6) is 0 Å². The topological polar surface area (TPSA) is 45.2 Å². The number of aromatic nitrogens is 1. The van der Waals surface area contributed by atoms with Gasteiger partial charge in [0.25, 0.3) is 0 Å². The Morgan fingerprint density at radius 2 is 2.04 bits per heavy atom. The van der Waals surface area contributed by atoms with Gasteiger partial charge in [0.1, 0.15) is 0 Å². The third-order valence-corrected chi connectivity index (χ3v) is 6.22. The van der Waals surface area contributed by atoms with Crippen molar-refractivity contribution in [3.8, 4) is 0 Å². The molecule has 8 heteroatoms. The van der Waals surface area contributed by atoms with Gasteiger partial charge in [-0.15, -0.1) is 11.3 Å². The molecule has 0 spiro atoms. The van der Waals surface area contributed by atoms with E-state index in [0.29, 0.717) is 38.6 Å². The molecule has 0 radical (unpaired) electrons. The van der Waals surface area contributed by atoms with Crippen LogP contribution in [-0.4, -0.2) is 36.7 Å². The molecule has 1 aromatic heterocycles. The maximum Gasteiger partial charge on any atom is 0.389 e. The molecule has 0 aromatic carbocycles. The molecule has 4 nitrogen and oxygen atoms in total. The fraction of sp³-hybridized carbons (Fsp3) is 0.778. The molecular weight excluding hydrogens is 363 g/mol. The Balaban J connectivity index is 1.41. The Kier molecular flexibility index (Phi) is 6.42. The van der Waals surface area contributed by atoms with Crippen LogP contribution in [0.25, 0.3) is 0 Å². The minimum atomic E-state index is -4.14. The molecule has 0 bridgehead atoms. The van der Waals surface area contributed by atoms with Crippen LogP contribution in [0, 0.1) is 11.8 Å². The Bertz CT molecular complexity index is 599. The van der Waals surface area contributed by atoms with Crippen LogP contribution in [0.1, 0.15) is 50.6 Å². The second-order valence-corrected chi connectivity index (χ2v) is 8.24. The summed E-state index contributed by atoms with van der Waals surface area (Å²) in [5.74, 6) is -0.806. The van der Waals surface area contributed by atoms with E-state index in [9.17, 15) is 18.0 Å². The predicted molar refractivity (Wildman–Crippen MR) is 96.4 cm³/mol. The molecule has 2 atom stereocenters. The molecule has 2 heterocycles. The number of nitrogens with zero attached hydrogens (tertiary/aromatic N) is 2. The van der Waals surface area contributed by atoms with E-state index in [4.69, 9.17) is 0 Å². The van der Waals surface area contributed by atoms with Gasteiger partial charge >= 0.3 is 6.18 Å². The van der Waals surface area contributed by atoms with Crippen LogP contribution in [-0.2, 0) is 11.2 Å². The second-order valence-electron chi connectivity index (χ2n) is 7.41. The minimum Gasteiger partial charge on any atom is -0.355 e. The molecule has 3 rings (SSSR count).